The molecule has 0 aliphatic carbocycles. The molecule has 0 spiro atoms. The van der Waals surface area contributed by atoms with Crippen LogP contribution in [-0.2, 0) is 9.22 Å². The summed E-state index contributed by atoms with van der Waals surface area (Å²) < 4.78 is 6.60. The van der Waals surface area contributed by atoms with Gasteiger partial charge < -0.3 is 4.43 Å². The van der Waals surface area contributed by atoms with Gasteiger partial charge in [0.1, 0.15) is 0 Å². The SMILES string of the molecule is CCCCCCCC(=O)SCCCO[Si](CCC)(CCCC)CCCC. The summed E-state index contributed by atoms with van der Waals surface area (Å²) in [7, 11) is -1.54. The Morgan fingerprint density at radius 1 is 0.731 bits per heavy atom. The van der Waals surface area contributed by atoms with Crippen LogP contribution in [0.2, 0.25) is 18.1 Å². The van der Waals surface area contributed by atoms with Crippen LogP contribution in [0.1, 0.15) is 105 Å². The summed E-state index contributed by atoms with van der Waals surface area (Å²) in [6, 6.07) is 3.99. The van der Waals surface area contributed by atoms with Crippen molar-refractivity contribution >= 4 is 25.2 Å². The zero-order valence-electron chi connectivity index (χ0n) is 18.2. The number of hydrogen-bond acceptors (Lipinski definition) is 3. The number of hydrogen-bond donors (Lipinski definition) is 0. The Hall–Kier alpha value is 0.197. The average molecular weight is 403 g/mol. The van der Waals surface area contributed by atoms with E-state index in [1.54, 1.807) is 0 Å². The average Bonchev–Trinajstić information content (AvgIpc) is 2.64. The molecule has 0 N–H and O–H groups in total. The normalized spacial score (nSPS) is 11.8. The third-order valence-corrected chi connectivity index (χ3v) is 10.9. The first-order valence-electron chi connectivity index (χ1n) is 11.4. The maximum Gasteiger partial charge on any atom is 0.192 e. The molecule has 0 aliphatic rings. The van der Waals surface area contributed by atoms with E-state index in [-0.39, 0.29) is 0 Å². The first-order chi connectivity index (χ1) is 12.6. The Balaban J connectivity index is 4.03. The van der Waals surface area contributed by atoms with Crippen molar-refractivity contribution in [3.05, 3.63) is 0 Å². The zero-order valence-corrected chi connectivity index (χ0v) is 20.1. The third-order valence-electron chi connectivity index (χ3n) is 5.12. The van der Waals surface area contributed by atoms with Crippen molar-refractivity contribution in [3.8, 4) is 0 Å². The third kappa shape index (κ3) is 14.3. The fourth-order valence-electron chi connectivity index (χ4n) is 3.52. The van der Waals surface area contributed by atoms with Gasteiger partial charge in [0.15, 0.2) is 13.4 Å². The minimum atomic E-state index is -1.54. The summed E-state index contributed by atoms with van der Waals surface area (Å²) in [6.45, 7) is 9.98. The van der Waals surface area contributed by atoms with Crippen LogP contribution < -0.4 is 0 Å². The van der Waals surface area contributed by atoms with Gasteiger partial charge in [0.25, 0.3) is 0 Å². The van der Waals surface area contributed by atoms with Gasteiger partial charge in [-0.3, -0.25) is 4.79 Å². The van der Waals surface area contributed by atoms with Crippen LogP contribution in [0.5, 0.6) is 0 Å². The van der Waals surface area contributed by atoms with E-state index in [9.17, 15) is 4.79 Å². The fraction of sp³-hybridized carbons (Fsp3) is 0.955. The molecule has 0 bridgehead atoms. The predicted octanol–water partition coefficient (Wildman–Crippen LogP) is 7.97. The molecule has 26 heavy (non-hydrogen) atoms. The van der Waals surface area contributed by atoms with Crippen LogP contribution in [0.25, 0.3) is 0 Å². The largest absolute Gasteiger partial charge is 0.417 e. The van der Waals surface area contributed by atoms with E-state index in [2.05, 4.69) is 27.7 Å². The maximum atomic E-state index is 12.0. The summed E-state index contributed by atoms with van der Waals surface area (Å²) in [5.74, 6) is 0.936. The van der Waals surface area contributed by atoms with Crippen molar-refractivity contribution in [2.24, 2.45) is 0 Å². The van der Waals surface area contributed by atoms with Crippen LogP contribution in [0, 0.1) is 0 Å². The van der Waals surface area contributed by atoms with Gasteiger partial charge in [0.2, 0.25) is 0 Å². The molecule has 4 heteroatoms. The molecule has 0 saturated heterocycles. The van der Waals surface area contributed by atoms with Crippen molar-refractivity contribution < 1.29 is 9.22 Å². The van der Waals surface area contributed by atoms with E-state index >= 15 is 0 Å². The molecule has 0 fully saturated rings. The molecule has 0 atom stereocenters. The minimum absolute atomic E-state index is 0.385. The van der Waals surface area contributed by atoms with Crippen LogP contribution >= 0.6 is 11.8 Å². The van der Waals surface area contributed by atoms with E-state index < -0.39 is 8.32 Å². The standard InChI is InChI=1S/C22H46O2SSi/c1-5-9-12-13-14-16-22(23)25-18-15-17-24-26(19-8-4,20-10-6-2)21-11-7-3/h5-21H2,1-4H3. The number of carbonyl (C=O) groups is 1. The molecule has 0 unspecified atom stereocenters. The van der Waals surface area contributed by atoms with Gasteiger partial charge in [-0.2, -0.15) is 0 Å². The fourth-order valence-corrected chi connectivity index (χ4v) is 8.97. The minimum Gasteiger partial charge on any atom is -0.417 e. The quantitative estimate of drug-likeness (QED) is 0.162. The highest BCUT2D eigenvalue weighted by atomic mass is 32.2. The van der Waals surface area contributed by atoms with E-state index in [4.69, 9.17) is 4.43 Å². The Morgan fingerprint density at radius 2 is 1.35 bits per heavy atom. The summed E-state index contributed by atoms with van der Waals surface area (Å²) in [5.41, 5.74) is 0. The molecular formula is C22H46O2SSi. The monoisotopic (exact) mass is 402 g/mol. The molecule has 0 aromatic carbocycles. The van der Waals surface area contributed by atoms with Gasteiger partial charge in [-0.05, 0) is 31.0 Å². The molecule has 2 nitrogen and oxygen atoms in total. The molecule has 0 saturated carbocycles. The van der Waals surface area contributed by atoms with Crippen LogP contribution in [0.15, 0.2) is 0 Å². The first-order valence-corrected chi connectivity index (χ1v) is 14.9. The zero-order chi connectivity index (χ0) is 19.5. The lowest BCUT2D eigenvalue weighted by atomic mass is 10.1. The van der Waals surface area contributed by atoms with Crippen molar-refractivity contribution in [2.45, 2.75) is 123 Å². The summed E-state index contributed by atoms with van der Waals surface area (Å²) in [4.78, 5) is 12.0. The Kier molecular flexibility index (Phi) is 18.7. The highest BCUT2D eigenvalue weighted by Gasteiger charge is 2.32. The van der Waals surface area contributed by atoms with Crippen LogP contribution in [0.3, 0.4) is 0 Å². The summed E-state index contributed by atoms with van der Waals surface area (Å²) in [5, 5.41) is 0.385. The molecule has 0 amide bonds. The molecular weight excluding hydrogens is 356 g/mol. The molecule has 0 aromatic heterocycles. The Bertz CT molecular complexity index is 315. The first kappa shape index (κ1) is 26.2. The van der Waals surface area contributed by atoms with E-state index in [0.29, 0.717) is 5.12 Å². The highest BCUT2D eigenvalue weighted by Crippen LogP contribution is 2.29. The molecule has 0 heterocycles. The molecule has 0 radical (unpaired) electrons. The van der Waals surface area contributed by atoms with Gasteiger partial charge in [0, 0.05) is 18.8 Å². The van der Waals surface area contributed by atoms with Gasteiger partial charge in [-0.15, -0.1) is 0 Å². The lowest BCUT2D eigenvalue weighted by Crippen LogP contribution is -2.38. The second-order valence-electron chi connectivity index (χ2n) is 7.73. The van der Waals surface area contributed by atoms with Gasteiger partial charge in [0.05, 0.1) is 0 Å². The number of carbonyl (C=O) groups excluding carboxylic acids is 1. The van der Waals surface area contributed by atoms with E-state index in [1.165, 1.54) is 87.7 Å². The lowest BCUT2D eigenvalue weighted by molar-refractivity contribution is -0.111. The smallest absolute Gasteiger partial charge is 0.192 e. The molecule has 0 rings (SSSR count). The van der Waals surface area contributed by atoms with Crippen molar-refractivity contribution in [1.82, 2.24) is 0 Å². The van der Waals surface area contributed by atoms with Crippen molar-refractivity contribution in [3.63, 3.8) is 0 Å². The van der Waals surface area contributed by atoms with Gasteiger partial charge in [-0.1, -0.05) is 97.2 Å². The van der Waals surface area contributed by atoms with Crippen molar-refractivity contribution in [2.75, 3.05) is 12.4 Å². The van der Waals surface area contributed by atoms with Crippen LogP contribution in [-0.4, -0.2) is 25.8 Å². The number of unbranched alkanes of at least 4 members (excludes halogenated alkanes) is 6. The Labute approximate surface area is 169 Å². The Morgan fingerprint density at radius 3 is 1.92 bits per heavy atom. The maximum absolute atomic E-state index is 12.0. The second-order valence-corrected chi connectivity index (χ2v) is 13.0. The van der Waals surface area contributed by atoms with Gasteiger partial charge >= 0.3 is 0 Å². The van der Waals surface area contributed by atoms with E-state index in [1.807, 2.05) is 0 Å². The lowest BCUT2D eigenvalue weighted by Gasteiger charge is -2.31. The number of rotatable bonds is 19. The topological polar surface area (TPSA) is 26.3 Å². The van der Waals surface area contributed by atoms with E-state index in [0.717, 1.165) is 31.6 Å². The number of thioether (sulfide) groups is 1. The summed E-state index contributed by atoms with van der Waals surface area (Å²) >= 11 is 1.54. The molecule has 0 aromatic rings. The predicted molar refractivity (Wildman–Crippen MR) is 122 cm³/mol. The van der Waals surface area contributed by atoms with Crippen LogP contribution in [0.4, 0.5) is 0 Å². The van der Waals surface area contributed by atoms with Crippen molar-refractivity contribution in [1.29, 1.82) is 0 Å². The highest BCUT2D eigenvalue weighted by molar-refractivity contribution is 8.13. The molecule has 156 valence electrons. The summed E-state index contributed by atoms with van der Waals surface area (Å²) in [6.07, 6.45) is 14.4. The second kappa shape index (κ2) is 18.6. The molecule has 0 aliphatic heterocycles. The van der Waals surface area contributed by atoms with Gasteiger partial charge in [-0.25, -0.2) is 0 Å².